The zero-order valence-corrected chi connectivity index (χ0v) is 25.3. The molecule has 1 saturated carbocycles. The minimum atomic E-state index is -4.65. The number of aromatic nitrogens is 2. The van der Waals surface area contributed by atoms with Crippen molar-refractivity contribution >= 4 is 78.3 Å². The van der Waals surface area contributed by atoms with Gasteiger partial charge >= 0.3 is 0 Å². The molecule has 0 radical (unpaired) electrons. The summed E-state index contributed by atoms with van der Waals surface area (Å²) in [6.07, 6.45) is 4.76. The number of hydrogen-bond donors (Lipinski definition) is 3. The number of nitrogens with zero attached hydrogens (tertiary/aromatic N) is 4. The molecule has 1 aromatic carbocycles. The van der Waals surface area contributed by atoms with Gasteiger partial charge in [-0.05, 0) is 78.0 Å². The molecule has 214 valence electrons. The molecule has 1 aliphatic carbocycles. The SMILES string of the molecule is CC(NC(=O)c1cc(Cl)cc(Br)c1NC(=O)C1CC(c2ncccc2S(=O)(=O)O)=NN1c1ncccc1Cl)C1CC1. The average Bonchev–Trinajstić information content (AvgIpc) is 3.68. The van der Waals surface area contributed by atoms with Crippen molar-refractivity contribution < 1.29 is 22.6 Å². The molecule has 3 N–H and O–H groups in total. The summed E-state index contributed by atoms with van der Waals surface area (Å²) in [4.78, 5) is 35.0. The number of carbonyl (C=O) groups excluding carboxylic acids is 2. The molecule has 0 saturated heterocycles. The van der Waals surface area contributed by atoms with Gasteiger partial charge in [0.15, 0.2) is 5.82 Å². The summed E-state index contributed by atoms with van der Waals surface area (Å²) in [6.45, 7) is 1.93. The summed E-state index contributed by atoms with van der Waals surface area (Å²) >= 11 is 16.0. The highest BCUT2D eigenvalue weighted by molar-refractivity contribution is 9.10. The molecule has 2 aliphatic rings. The van der Waals surface area contributed by atoms with Gasteiger partial charge in [0, 0.05) is 34.4 Å². The molecule has 0 bridgehead atoms. The van der Waals surface area contributed by atoms with Crippen LogP contribution in [0.25, 0.3) is 0 Å². The maximum atomic E-state index is 13.9. The first-order valence-corrected chi connectivity index (χ1v) is 15.4. The predicted molar refractivity (Wildman–Crippen MR) is 158 cm³/mol. The Morgan fingerprint density at radius 3 is 2.54 bits per heavy atom. The van der Waals surface area contributed by atoms with E-state index in [1.807, 2.05) is 6.92 Å². The number of carbonyl (C=O) groups is 2. The molecule has 3 heterocycles. The second-order valence-electron chi connectivity index (χ2n) is 9.64. The Kier molecular flexibility index (Phi) is 8.35. The minimum absolute atomic E-state index is 0.0493. The van der Waals surface area contributed by atoms with Crippen LogP contribution in [-0.2, 0) is 14.9 Å². The van der Waals surface area contributed by atoms with E-state index >= 15 is 0 Å². The van der Waals surface area contributed by atoms with Crippen molar-refractivity contribution in [2.24, 2.45) is 11.0 Å². The summed E-state index contributed by atoms with van der Waals surface area (Å²) in [5.74, 6) is -0.450. The Morgan fingerprint density at radius 1 is 1.15 bits per heavy atom. The Labute approximate surface area is 254 Å². The van der Waals surface area contributed by atoms with Gasteiger partial charge in [-0.2, -0.15) is 13.5 Å². The third kappa shape index (κ3) is 6.38. The summed E-state index contributed by atoms with van der Waals surface area (Å²) in [6, 6.07) is 7.59. The lowest BCUT2D eigenvalue weighted by atomic mass is 10.1. The number of anilines is 2. The standard InChI is InChI=1S/C26H23BrCl2N6O5S/c1-13(14-6-7-14)32-25(36)16-10-15(28)11-17(27)22(16)33-26(37)20-12-19(23-21(41(38,39)40)5-3-8-30-23)34-35(20)24-18(29)4-2-9-31-24/h2-5,8-11,13-14,20H,6-7,12H2,1H3,(H,32,36)(H,33,37)(H,38,39,40). The van der Waals surface area contributed by atoms with Crippen molar-refractivity contribution in [3.8, 4) is 0 Å². The summed E-state index contributed by atoms with van der Waals surface area (Å²) < 4.78 is 34.2. The van der Waals surface area contributed by atoms with Crippen LogP contribution in [-0.4, -0.2) is 52.5 Å². The molecule has 1 fully saturated rings. The zero-order valence-electron chi connectivity index (χ0n) is 21.4. The van der Waals surface area contributed by atoms with Gasteiger partial charge in [-0.25, -0.2) is 9.99 Å². The van der Waals surface area contributed by atoms with Crippen molar-refractivity contribution in [3.05, 3.63) is 74.6 Å². The van der Waals surface area contributed by atoms with Gasteiger partial charge < -0.3 is 10.6 Å². The fraction of sp³-hybridized carbons (Fsp3) is 0.269. The van der Waals surface area contributed by atoms with Gasteiger partial charge in [0.2, 0.25) is 5.91 Å². The molecular weight excluding hydrogens is 659 g/mol. The second-order valence-corrected chi connectivity index (χ2v) is 12.7. The highest BCUT2D eigenvalue weighted by Crippen LogP contribution is 2.36. The quantitative estimate of drug-likeness (QED) is 0.283. The topological polar surface area (TPSA) is 154 Å². The van der Waals surface area contributed by atoms with E-state index in [9.17, 15) is 22.6 Å². The maximum Gasteiger partial charge on any atom is 0.296 e. The lowest BCUT2D eigenvalue weighted by Crippen LogP contribution is -2.40. The Bertz CT molecular complexity index is 1680. The van der Waals surface area contributed by atoms with E-state index in [2.05, 4.69) is 41.6 Å². The van der Waals surface area contributed by atoms with E-state index < -0.39 is 32.9 Å². The lowest BCUT2D eigenvalue weighted by molar-refractivity contribution is -0.117. The van der Waals surface area contributed by atoms with Crippen molar-refractivity contribution in [1.29, 1.82) is 0 Å². The predicted octanol–water partition coefficient (Wildman–Crippen LogP) is 4.94. The van der Waals surface area contributed by atoms with Crippen LogP contribution < -0.4 is 15.6 Å². The van der Waals surface area contributed by atoms with Gasteiger partial charge in [-0.1, -0.05) is 23.2 Å². The number of pyridine rings is 2. The van der Waals surface area contributed by atoms with Crippen molar-refractivity contribution in [2.45, 2.75) is 43.2 Å². The average molecular weight is 682 g/mol. The van der Waals surface area contributed by atoms with E-state index in [1.165, 1.54) is 35.6 Å². The van der Waals surface area contributed by atoms with Gasteiger partial charge in [0.1, 0.15) is 16.6 Å². The van der Waals surface area contributed by atoms with Gasteiger partial charge in [0.05, 0.1) is 22.0 Å². The Morgan fingerprint density at radius 2 is 1.85 bits per heavy atom. The molecule has 2 atom stereocenters. The first-order chi connectivity index (χ1) is 19.4. The summed E-state index contributed by atoms with van der Waals surface area (Å²) in [7, 11) is -4.65. The first kappa shape index (κ1) is 29.4. The van der Waals surface area contributed by atoms with Crippen LogP contribution in [0.3, 0.4) is 0 Å². The Hall–Kier alpha value is -3.10. The van der Waals surface area contributed by atoms with Crippen molar-refractivity contribution in [2.75, 3.05) is 10.3 Å². The van der Waals surface area contributed by atoms with Gasteiger partial charge in [0.25, 0.3) is 16.0 Å². The number of rotatable bonds is 8. The molecule has 5 rings (SSSR count). The highest BCUT2D eigenvalue weighted by Gasteiger charge is 2.39. The smallest absolute Gasteiger partial charge is 0.296 e. The molecule has 0 spiro atoms. The van der Waals surface area contributed by atoms with Gasteiger partial charge in [-0.15, -0.1) is 0 Å². The van der Waals surface area contributed by atoms with Crippen LogP contribution in [0, 0.1) is 5.92 Å². The molecule has 41 heavy (non-hydrogen) atoms. The van der Waals surface area contributed by atoms with Crippen LogP contribution in [0.1, 0.15) is 42.2 Å². The molecule has 2 aromatic heterocycles. The molecule has 2 unspecified atom stereocenters. The van der Waals surface area contributed by atoms with E-state index in [4.69, 9.17) is 23.2 Å². The molecule has 11 nitrogen and oxygen atoms in total. The number of hydrogen-bond acceptors (Lipinski definition) is 8. The van der Waals surface area contributed by atoms with Crippen LogP contribution in [0.5, 0.6) is 0 Å². The van der Waals surface area contributed by atoms with Gasteiger partial charge in [-0.3, -0.25) is 19.1 Å². The van der Waals surface area contributed by atoms with Crippen LogP contribution in [0.15, 0.2) is 63.3 Å². The number of amides is 2. The summed E-state index contributed by atoms with van der Waals surface area (Å²) in [5.41, 5.74) is 0.331. The highest BCUT2D eigenvalue weighted by atomic mass is 79.9. The van der Waals surface area contributed by atoms with Crippen LogP contribution in [0.2, 0.25) is 10.0 Å². The fourth-order valence-corrected chi connectivity index (χ4v) is 6.28. The largest absolute Gasteiger partial charge is 0.349 e. The fourth-order valence-electron chi connectivity index (χ4n) is 4.50. The monoisotopic (exact) mass is 680 g/mol. The van der Waals surface area contributed by atoms with E-state index in [1.54, 1.807) is 18.2 Å². The normalized spacial score (nSPS) is 17.6. The van der Waals surface area contributed by atoms with E-state index in [0.717, 1.165) is 12.8 Å². The lowest BCUT2D eigenvalue weighted by Gasteiger charge is -2.23. The van der Waals surface area contributed by atoms with Crippen molar-refractivity contribution in [1.82, 2.24) is 15.3 Å². The number of halogens is 3. The molecule has 15 heteroatoms. The van der Waals surface area contributed by atoms with Crippen LogP contribution in [0.4, 0.5) is 11.5 Å². The summed E-state index contributed by atoms with van der Waals surface area (Å²) in [5, 5.41) is 12.0. The Balaban J connectivity index is 1.51. The van der Waals surface area contributed by atoms with E-state index in [-0.39, 0.29) is 46.0 Å². The number of hydrazone groups is 1. The molecular formula is C26H23BrCl2N6O5S. The third-order valence-corrected chi connectivity index (χ3v) is 8.75. The first-order valence-electron chi connectivity index (χ1n) is 12.4. The second kappa shape index (κ2) is 11.6. The minimum Gasteiger partial charge on any atom is -0.349 e. The third-order valence-electron chi connectivity index (χ3n) is 6.73. The van der Waals surface area contributed by atoms with Crippen molar-refractivity contribution in [3.63, 3.8) is 0 Å². The number of nitrogens with one attached hydrogen (secondary N) is 2. The maximum absolute atomic E-state index is 13.9. The van der Waals surface area contributed by atoms with E-state index in [0.29, 0.717) is 15.4 Å². The zero-order chi connectivity index (χ0) is 29.5. The molecule has 2 amide bonds. The number of benzene rings is 1. The molecule has 1 aliphatic heterocycles. The molecule has 3 aromatic rings. The van der Waals surface area contributed by atoms with Crippen LogP contribution >= 0.6 is 39.1 Å².